The largest absolute Gasteiger partial charge is 0.359 e. The summed E-state index contributed by atoms with van der Waals surface area (Å²) in [6, 6.07) is 9.80. The molecule has 4 nitrogen and oxygen atoms in total. The second-order valence-electron chi connectivity index (χ2n) is 6.33. The van der Waals surface area contributed by atoms with Gasteiger partial charge in [0, 0.05) is 16.2 Å². The van der Waals surface area contributed by atoms with E-state index in [1.165, 1.54) is 11.3 Å². The van der Waals surface area contributed by atoms with Crippen molar-refractivity contribution in [1.29, 1.82) is 0 Å². The zero-order valence-electron chi connectivity index (χ0n) is 13.1. The SMILES string of the molecule is Cc1c(C(=O)Nc2cc(C(C)(C)C)on2)sc2ccccc12. The van der Waals surface area contributed by atoms with Crippen LogP contribution < -0.4 is 5.32 Å². The number of benzene rings is 1. The van der Waals surface area contributed by atoms with Gasteiger partial charge in [-0.25, -0.2) is 0 Å². The van der Waals surface area contributed by atoms with Crippen LogP contribution in [-0.4, -0.2) is 11.1 Å². The lowest BCUT2D eigenvalue weighted by Gasteiger charge is -2.11. The van der Waals surface area contributed by atoms with E-state index >= 15 is 0 Å². The van der Waals surface area contributed by atoms with Gasteiger partial charge in [0.2, 0.25) is 0 Å². The zero-order valence-corrected chi connectivity index (χ0v) is 13.9. The Balaban J connectivity index is 1.87. The maximum atomic E-state index is 12.5. The Morgan fingerprint density at radius 2 is 2.00 bits per heavy atom. The normalized spacial score (nSPS) is 11.8. The standard InChI is InChI=1S/C17H18N2O2S/c1-10-11-7-5-6-8-12(11)22-15(10)16(20)18-14-9-13(21-19-14)17(2,3)4/h5-9H,1-4H3,(H,18,19,20). The molecule has 1 aromatic carbocycles. The van der Waals surface area contributed by atoms with E-state index in [1.807, 2.05) is 52.0 Å². The highest BCUT2D eigenvalue weighted by atomic mass is 32.1. The Labute approximate surface area is 133 Å². The lowest BCUT2D eigenvalue weighted by atomic mass is 9.93. The minimum Gasteiger partial charge on any atom is -0.359 e. The Morgan fingerprint density at radius 3 is 2.64 bits per heavy atom. The topological polar surface area (TPSA) is 55.1 Å². The number of nitrogens with zero attached hydrogens (tertiary/aromatic N) is 1. The summed E-state index contributed by atoms with van der Waals surface area (Å²) in [5.74, 6) is 1.05. The van der Waals surface area contributed by atoms with Gasteiger partial charge in [-0.05, 0) is 23.9 Å². The molecule has 2 aromatic heterocycles. The number of aromatic nitrogens is 1. The third-order valence-electron chi connectivity index (χ3n) is 3.54. The van der Waals surface area contributed by atoms with Crippen molar-refractivity contribution in [1.82, 2.24) is 5.16 Å². The molecule has 0 saturated heterocycles. The van der Waals surface area contributed by atoms with E-state index in [1.54, 1.807) is 6.07 Å². The highest BCUT2D eigenvalue weighted by Crippen LogP contribution is 2.31. The fourth-order valence-electron chi connectivity index (χ4n) is 2.25. The number of hydrogen-bond donors (Lipinski definition) is 1. The molecule has 0 aliphatic heterocycles. The number of carbonyl (C=O) groups excluding carboxylic acids is 1. The molecule has 0 saturated carbocycles. The van der Waals surface area contributed by atoms with Crippen LogP contribution in [0, 0.1) is 6.92 Å². The molecule has 0 atom stereocenters. The van der Waals surface area contributed by atoms with Crippen LogP contribution in [0.4, 0.5) is 5.82 Å². The molecule has 2 heterocycles. The smallest absolute Gasteiger partial charge is 0.267 e. The van der Waals surface area contributed by atoms with Crippen molar-refractivity contribution in [3.8, 4) is 0 Å². The molecule has 0 bridgehead atoms. The fraction of sp³-hybridized carbons (Fsp3) is 0.294. The monoisotopic (exact) mass is 314 g/mol. The first-order valence-corrected chi connectivity index (χ1v) is 7.94. The summed E-state index contributed by atoms with van der Waals surface area (Å²) in [6.45, 7) is 8.08. The van der Waals surface area contributed by atoms with Crippen molar-refractivity contribution in [3.05, 3.63) is 46.5 Å². The average Bonchev–Trinajstić information content (AvgIpc) is 3.04. The van der Waals surface area contributed by atoms with E-state index in [2.05, 4.69) is 10.5 Å². The van der Waals surface area contributed by atoms with Crippen molar-refractivity contribution in [3.63, 3.8) is 0 Å². The van der Waals surface area contributed by atoms with Crippen molar-refractivity contribution in [2.24, 2.45) is 0 Å². The summed E-state index contributed by atoms with van der Waals surface area (Å²) in [5, 5.41) is 7.87. The minimum atomic E-state index is -0.146. The van der Waals surface area contributed by atoms with Crippen molar-refractivity contribution < 1.29 is 9.32 Å². The van der Waals surface area contributed by atoms with E-state index in [0.29, 0.717) is 10.7 Å². The second kappa shape index (κ2) is 5.25. The molecule has 3 aromatic rings. The molecule has 1 amide bonds. The number of nitrogens with one attached hydrogen (secondary N) is 1. The zero-order chi connectivity index (χ0) is 15.9. The average molecular weight is 314 g/mol. The molecule has 22 heavy (non-hydrogen) atoms. The molecule has 3 rings (SSSR count). The fourth-order valence-corrected chi connectivity index (χ4v) is 3.36. The highest BCUT2D eigenvalue weighted by molar-refractivity contribution is 7.21. The van der Waals surface area contributed by atoms with Crippen LogP contribution in [0.15, 0.2) is 34.9 Å². The Kier molecular flexibility index (Phi) is 3.53. The molecule has 0 aliphatic rings. The number of carbonyl (C=O) groups is 1. The van der Waals surface area contributed by atoms with Crippen LogP contribution in [0.2, 0.25) is 0 Å². The van der Waals surface area contributed by atoms with Crippen molar-refractivity contribution in [2.75, 3.05) is 5.32 Å². The van der Waals surface area contributed by atoms with E-state index in [4.69, 9.17) is 4.52 Å². The third-order valence-corrected chi connectivity index (χ3v) is 4.81. The van der Waals surface area contributed by atoms with E-state index in [-0.39, 0.29) is 11.3 Å². The van der Waals surface area contributed by atoms with Gasteiger partial charge in [0.1, 0.15) is 5.76 Å². The van der Waals surface area contributed by atoms with Gasteiger partial charge in [0.05, 0.1) is 4.88 Å². The number of rotatable bonds is 2. The quantitative estimate of drug-likeness (QED) is 0.742. The summed E-state index contributed by atoms with van der Waals surface area (Å²) in [6.07, 6.45) is 0. The van der Waals surface area contributed by atoms with Gasteiger partial charge < -0.3 is 9.84 Å². The lowest BCUT2D eigenvalue weighted by molar-refractivity contribution is 0.102. The predicted octanol–water partition coefficient (Wildman–Crippen LogP) is 4.75. The van der Waals surface area contributed by atoms with Crippen molar-refractivity contribution >= 4 is 33.1 Å². The number of anilines is 1. The van der Waals surface area contributed by atoms with E-state index in [0.717, 1.165) is 21.4 Å². The molecule has 0 radical (unpaired) electrons. The lowest BCUT2D eigenvalue weighted by Crippen LogP contribution is -2.12. The molecule has 1 N–H and O–H groups in total. The number of amides is 1. The summed E-state index contributed by atoms with van der Waals surface area (Å²) in [5.41, 5.74) is 0.862. The van der Waals surface area contributed by atoms with Crippen molar-refractivity contribution in [2.45, 2.75) is 33.1 Å². The van der Waals surface area contributed by atoms with Gasteiger partial charge in [-0.15, -0.1) is 11.3 Å². The maximum Gasteiger partial charge on any atom is 0.267 e. The first kappa shape index (κ1) is 14.8. The molecule has 0 aliphatic carbocycles. The van der Waals surface area contributed by atoms with Crippen LogP contribution in [0.3, 0.4) is 0 Å². The third kappa shape index (κ3) is 2.64. The van der Waals surface area contributed by atoms with E-state index < -0.39 is 0 Å². The Morgan fingerprint density at radius 1 is 1.27 bits per heavy atom. The van der Waals surface area contributed by atoms with Gasteiger partial charge in [-0.2, -0.15) is 0 Å². The molecule has 0 unspecified atom stereocenters. The number of hydrogen-bond acceptors (Lipinski definition) is 4. The second-order valence-corrected chi connectivity index (χ2v) is 7.39. The molecule has 5 heteroatoms. The first-order valence-electron chi connectivity index (χ1n) is 7.13. The van der Waals surface area contributed by atoms with Gasteiger partial charge >= 0.3 is 0 Å². The number of thiophene rings is 1. The van der Waals surface area contributed by atoms with Gasteiger partial charge in [-0.3, -0.25) is 4.79 Å². The Hall–Kier alpha value is -2.14. The van der Waals surface area contributed by atoms with Crippen LogP contribution >= 0.6 is 11.3 Å². The van der Waals surface area contributed by atoms with Crippen LogP contribution in [0.25, 0.3) is 10.1 Å². The van der Waals surface area contributed by atoms with Gasteiger partial charge in [0.25, 0.3) is 5.91 Å². The summed E-state index contributed by atoms with van der Waals surface area (Å²) in [4.78, 5) is 13.2. The predicted molar refractivity (Wildman–Crippen MR) is 89.7 cm³/mol. The Bertz CT molecular complexity index is 840. The maximum absolute atomic E-state index is 12.5. The van der Waals surface area contributed by atoms with E-state index in [9.17, 15) is 4.79 Å². The summed E-state index contributed by atoms with van der Waals surface area (Å²) >= 11 is 1.49. The molecular formula is C17H18N2O2S. The molecular weight excluding hydrogens is 296 g/mol. The molecule has 0 spiro atoms. The molecule has 114 valence electrons. The number of aryl methyl sites for hydroxylation is 1. The highest BCUT2D eigenvalue weighted by Gasteiger charge is 2.21. The van der Waals surface area contributed by atoms with Gasteiger partial charge in [0.15, 0.2) is 5.82 Å². The van der Waals surface area contributed by atoms with Gasteiger partial charge in [-0.1, -0.05) is 44.1 Å². The van der Waals surface area contributed by atoms with Crippen LogP contribution in [-0.2, 0) is 5.41 Å². The molecule has 0 fully saturated rings. The number of fused-ring (bicyclic) bond motifs is 1. The minimum absolute atomic E-state index is 0.135. The van der Waals surface area contributed by atoms with Crippen LogP contribution in [0.1, 0.15) is 41.8 Å². The van der Waals surface area contributed by atoms with Crippen LogP contribution in [0.5, 0.6) is 0 Å². The summed E-state index contributed by atoms with van der Waals surface area (Å²) in [7, 11) is 0. The first-order chi connectivity index (χ1) is 10.4. The summed E-state index contributed by atoms with van der Waals surface area (Å²) < 4.78 is 6.41.